The zero-order chi connectivity index (χ0) is 13.1. The van der Waals surface area contributed by atoms with Crippen molar-refractivity contribution < 1.29 is 4.79 Å². The summed E-state index contributed by atoms with van der Waals surface area (Å²) < 4.78 is 0. The fraction of sp³-hybridized carbons (Fsp3) is 0.812. The zero-order valence-corrected chi connectivity index (χ0v) is 11.8. The van der Waals surface area contributed by atoms with Crippen molar-refractivity contribution in [1.29, 1.82) is 0 Å². The maximum Gasteiger partial charge on any atom is 0.136 e. The Morgan fingerprint density at radius 1 is 1.11 bits per heavy atom. The molecule has 18 heavy (non-hydrogen) atoms. The Balaban J connectivity index is 2.00. The van der Waals surface area contributed by atoms with Gasteiger partial charge in [0.25, 0.3) is 0 Å². The van der Waals surface area contributed by atoms with Crippen LogP contribution in [0, 0.1) is 5.92 Å². The van der Waals surface area contributed by atoms with Gasteiger partial charge in [0, 0.05) is 12.3 Å². The predicted octanol–water partition coefficient (Wildman–Crippen LogP) is 3.86. The maximum absolute atomic E-state index is 12.0. The highest BCUT2D eigenvalue weighted by molar-refractivity contribution is 5.80. The van der Waals surface area contributed by atoms with E-state index in [9.17, 15) is 4.79 Å². The quantitative estimate of drug-likeness (QED) is 0.498. The average Bonchev–Trinajstić information content (AvgIpc) is 2.66. The minimum atomic E-state index is 0.348. The molecule has 1 N–H and O–H groups in total. The average molecular weight is 251 g/mol. The Hall–Kier alpha value is -0.630. The number of carbonyl (C=O) groups excluding carboxylic acids is 1. The lowest BCUT2D eigenvalue weighted by atomic mass is 9.92. The molecule has 0 amide bonds. The van der Waals surface area contributed by atoms with Crippen molar-refractivity contribution in [1.82, 2.24) is 5.32 Å². The van der Waals surface area contributed by atoms with Crippen LogP contribution in [0.1, 0.15) is 64.2 Å². The molecule has 1 unspecified atom stereocenters. The van der Waals surface area contributed by atoms with Crippen molar-refractivity contribution in [2.24, 2.45) is 5.92 Å². The highest BCUT2D eigenvalue weighted by Crippen LogP contribution is 2.18. The molecule has 1 saturated heterocycles. The molecule has 0 bridgehead atoms. The molecule has 2 heteroatoms. The van der Waals surface area contributed by atoms with E-state index >= 15 is 0 Å². The Bertz CT molecular complexity index is 229. The molecular formula is C16H29NO. The van der Waals surface area contributed by atoms with Gasteiger partial charge in [-0.2, -0.15) is 0 Å². The molecule has 2 nitrogen and oxygen atoms in total. The molecule has 104 valence electrons. The van der Waals surface area contributed by atoms with Crippen LogP contribution < -0.4 is 5.32 Å². The lowest BCUT2D eigenvalue weighted by Crippen LogP contribution is -2.17. The van der Waals surface area contributed by atoms with Gasteiger partial charge < -0.3 is 5.32 Å². The van der Waals surface area contributed by atoms with Crippen molar-refractivity contribution >= 4 is 5.78 Å². The number of allylic oxidation sites excluding steroid dienone is 1. The number of nitrogens with one attached hydrogen (secondary N) is 1. The SMILES string of the molecule is C=CCCCCCCCC(=O)C1CCCNCC1. The fourth-order valence-corrected chi connectivity index (χ4v) is 2.66. The van der Waals surface area contributed by atoms with Crippen LogP contribution in [0.25, 0.3) is 0 Å². The molecule has 1 atom stereocenters. The van der Waals surface area contributed by atoms with E-state index in [1.54, 1.807) is 0 Å². The zero-order valence-electron chi connectivity index (χ0n) is 11.8. The second-order valence-corrected chi connectivity index (χ2v) is 5.44. The number of hydrogen-bond donors (Lipinski definition) is 1. The monoisotopic (exact) mass is 251 g/mol. The van der Waals surface area contributed by atoms with Gasteiger partial charge in [0.05, 0.1) is 0 Å². The fourth-order valence-electron chi connectivity index (χ4n) is 2.66. The molecule has 0 aromatic rings. The third-order valence-corrected chi connectivity index (χ3v) is 3.86. The summed E-state index contributed by atoms with van der Waals surface area (Å²) in [5.74, 6) is 0.866. The van der Waals surface area contributed by atoms with Gasteiger partial charge >= 0.3 is 0 Å². The van der Waals surface area contributed by atoms with Gasteiger partial charge in [0.1, 0.15) is 5.78 Å². The van der Waals surface area contributed by atoms with E-state index in [0.29, 0.717) is 11.7 Å². The molecular weight excluding hydrogens is 222 g/mol. The van der Waals surface area contributed by atoms with Gasteiger partial charge in [-0.05, 0) is 51.6 Å². The largest absolute Gasteiger partial charge is 0.317 e. The number of carbonyl (C=O) groups is 1. The van der Waals surface area contributed by atoms with E-state index in [0.717, 1.165) is 51.6 Å². The van der Waals surface area contributed by atoms with Crippen LogP contribution in [-0.2, 0) is 4.79 Å². The van der Waals surface area contributed by atoms with Crippen LogP contribution in [0.4, 0.5) is 0 Å². The second kappa shape index (κ2) is 10.3. The molecule has 1 rings (SSSR count). The van der Waals surface area contributed by atoms with Gasteiger partial charge in [0.2, 0.25) is 0 Å². The highest BCUT2D eigenvalue weighted by atomic mass is 16.1. The van der Waals surface area contributed by atoms with E-state index in [-0.39, 0.29) is 0 Å². The summed E-state index contributed by atoms with van der Waals surface area (Å²) in [4.78, 5) is 12.0. The first-order valence-corrected chi connectivity index (χ1v) is 7.69. The van der Waals surface area contributed by atoms with Crippen LogP contribution in [0.3, 0.4) is 0 Å². The Morgan fingerprint density at radius 2 is 1.89 bits per heavy atom. The topological polar surface area (TPSA) is 29.1 Å². The molecule has 1 fully saturated rings. The summed E-state index contributed by atoms with van der Waals surface area (Å²) in [5, 5.41) is 3.37. The van der Waals surface area contributed by atoms with Gasteiger partial charge in [0.15, 0.2) is 0 Å². The second-order valence-electron chi connectivity index (χ2n) is 5.44. The van der Waals surface area contributed by atoms with Crippen LogP contribution >= 0.6 is 0 Å². The van der Waals surface area contributed by atoms with E-state index < -0.39 is 0 Å². The first kappa shape index (κ1) is 15.4. The first-order chi connectivity index (χ1) is 8.84. The molecule has 0 saturated carbocycles. The Morgan fingerprint density at radius 3 is 2.72 bits per heavy atom. The van der Waals surface area contributed by atoms with E-state index in [1.165, 1.54) is 25.7 Å². The third-order valence-electron chi connectivity index (χ3n) is 3.86. The van der Waals surface area contributed by atoms with Crippen molar-refractivity contribution in [3.63, 3.8) is 0 Å². The number of rotatable bonds is 9. The molecule has 0 aromatic heterocycles. The van der Waals surface area contributed by atoms with Crippen LogP contribution in [0.2, 0.25) is 0 Å². The lowest BCUT2D eigenvalue weighted by molar-refractivity contribution is -0.123. The molecule has 1 aliphatic heterocycles. The third kappa shape index (κ3) is 6.95. The van der Waals surface area contributed by atoms with E-state index in [1.807, 2.05) is 6.08 Å². The highest BCUT2D eigenvalue weighted by Gasteiger charge is 2.18. The molecule has 0 radical (unpaired) electrons. The summed E-state index contributed by atoms with van der Waals surface area (Å²) in [5.41, 5.74) is 0. The Labute approximate surface area is 112 Å². The van der Waals surface area contributed by atoms with Crippen LogP contribution in [-0.4, -0.2) is 18.9 Å². The van der Waals surface area contributed by atoms with Crippen LogP contribution in [0.15, 0.2) is 12.7 Å². The summed E-state index contributed by atoms with van der Waals surface area (Å²) in [7, 11) is 0. The summed E-state index contributed by atoms with van der Waals surface area (Å²) in [6.07, 6.45) is 13.4. The van der Waals surface area contributed by atoms with E-state index in [2.05, 4.69) is 11.9 Å². The summed E-state index contributed by atoms with van der Waals surface area (Å²) >= 11 is 0. The van der Waals surface area contributed by atoms with Crippen molar-refractivity contribution in [3.05, 3.63) is 12.7 Å². The molecule has 0 spiro atoms. The molecule has 0 aliphatic carbocycles. The summed E-state index contributed by atoms with van der Waals surface area (Å²) in [6.45, 7) is 5.84. The minimum Gasteiger partial charge on any atom is -0.317 e. The normalized spacial score (nSPS) is 20.3. The number of Topliss-reactive ketones (excluding diaryl/α,β-unsaturated/α-hetero) is 1. The van der Waals surface area contributed by atoms with Crippen molar-refractivity contribution in [2.75, 3.05) is 13.1 Å². The standard InChI is InChI=1S/C16H29NO/c1-2-3-4-5-6-7-8-11-16(18)15-10-9-13-17-14-12-15/h2,15,17H,1,3-14H2. The first-order valence-electron chi connectivity index (χ1n) is 7.69. The molecule has 0 aromatic carbocycles. The maximum atomic E-state index is 12.0. The Kier molecular flexibility index (Phi) is 8.83. The van der Waals surface area contributed by atoms with Crippen molar-refractivity contribution in [2.45, 2.75) is 64.2 Å². The smallest absolute Gasteiger partial charge is 0.136 e. The number of unbranched alkanes of at least 4 members (excludes halogenated alkanes) is 5. The van der Waals surface area contributed by atoms with E-state index in [4.69, 9.17) is 0 Å². The molecule has 1 aliphatic rings. The number of hydrogen-bond acceptors (Lipinski definition) is 2. The number of ketones is 1. The van der Waals surface area contributed by atoms with Gasteiger partial charge in [-0.15, -0.1) is 6.58 Å². The molecule has 1 heterocycles. The summed E-state index contributed by atoms with van der Waals surface area (Å²) in [6, 6.07) is 0. The lowest BCUT2D eigenvalue weighted by Gasteiger charge is -2.11. The predicted molar refractivity (Wildman–Crippen MR) is 77.7 cm³/mol. The van der Waals surface area contributed by atoms with Gasteiger partial charge in [-0.1, -0.05) is 25.3 Å². The van der Waals surface area contributed by atoms with Gasteiger partial charge in [-0.25, -0.2) is 0 Å². The van der Waals surface area contributed by atoms with Crippen LogP contribution in [0.5, 0.6) is 0 Å². The van der Waals surface area contributed by atoms with Gasteiger partial charge in [-0.3, -0.25) is 4.79 Å². The van der Waals surface area contributed by atoms with Crippen molar-refractivity contribution in [3.8, 4) is 0 Å². The minimum absolute atomic E-state index is 0.348.